The van der Waals surface area contributed by atoms with Crippen molar-refractivity contribution in [2.45, 2.75) is 0 Å². The molecule has 0 N–H and O–H groups in total. The summed E-state index contributed by atoms with van der Waals surface area (Å²) in [5.74, 6) is 0. The van der Waals surface area contributed by atoms with E-state index in [4.69, 9.17) is 0 Å². The zero-order chi connectivity index (χ0) is 22.9. The fraction of sp³-hybridized carbons (Fsp3) is 0. The summed E-state index contributed by atoms with van der Waals surface area (Å²) in [6.45, 7) is 0. The normalized spacial score (nSPS) is 12.0. The summed E-state index contributed by atoms with van der Waals surface area (Å²) in [7, 11) is 0. The summed E-state index contributed by atoms with van der Waals surface area (Å²) in [6, 6.07) is 39.6. The predicted molar refractivity (Wildman–Crippen MR) is 146 cm³/mol. The number of fused-ring (bicyclic) bond motifs is 6. The van der Waals surface area contributed by atoms with Gasteiger partial charge in [-0.25, -0.2) is 0 Å². The van der Waals surface area contributed by atoms with Crippen LogP contribution in [-0.4, -0.2) is 9.55 Å². The van der Waals surface area contributed by atoms with Gasteiger partial charge >= 0.3 is 0 Å². The Kier molecular flexibility index (Phi) is 3.69. The molecule has 1 aliphatic rings. The zero-order valence-electron chi connectivity index (χ0n) is 18.9. The molecule has 0 unspecified atom stereocenters. The number of hydrogen-bond donors (Lipinski definition) is 0. The van der Waals surface area contributed by atoms with Crippen molar-refractivity contribution in [1.29, 1.82) is 0 Å². The second kappa shape index (κ2) is 6.91. The molecule has 35 heavy (non-hydrogen) atoms. The molecule has 2 heteroatoms. The second-order valence-corrected chi connectivity index (χ2v) is 9.23. The lowest BCUT2D eigenvalue weighted by Gasteiger charge is -2.13. The van der Waals surface area contributed by atoms with Crippen LogP contribution < -0.4 is 0 Å². The van der Waals surface area contributed by atoms with E-state index in [1.165, 1.54) is 66.0 Å². The van der Waals surface area contributed by atoms with E-state index in [-0.39, 0.29) is 0 Å². The van der Waals surface area contributed by atoms with Crippen LogP contribution in [0.1, 0.15) is 0 Å². The van der Waals surface area contributed by atoms with Crippen LogP contribution in [0.3, 0.4) is 0 Å². The number of hydrogen-bond acceptors (Lipinski definition) is 1. The molecule has 0 saturated heterocycles. The number of pyridine rings is 1. The molecule has 0 atom stereocenters. The Labute approximate surface area is 202 Å². The largest absolute Gasteiger partial charge is 0.309 e. The summed E-state index contributed by atoms with van der Waals surface area (Å²) in [4.78, 5) is 4.40. The topological polar surface area (TPSA) is 17.8 Å². The summed E-state index contributed by atoms with van der Waals surface area (Å²) < 4.78 is 2.35. The van der Waals surface area contributed by atoms with Crippen LogP contribution in [0, 0.1) is 0 Å². The first-order valence-corrected chi connectivity index (χ1v) is 12.0. The molecule has 2 nitrogen and oxygen atoms in total. The quantitative estimate of drug-likeness (QED) is 0.261. The van der Waals surface area contributed by atoms with Gasteiger partial charge in [-0.2, -0.15) is 0 Å². The molecule has 2 aromatic heterocycles. The third-order valence-corrected chi connectivity index (χ3v) is 7.44. The highest BCUT2D eigenvalue weighted by Gasteiger charge is 2.22. The van der Waals surface area contributed by atoms with Crippen LogP contribution in [0.5, 0.6) is 0 Å². The van der Waals surface area contributed by atoms with Gasteiger partial charge in [-0.05, 0) is 68.4 Å². The minimum Gasteiger partial charge on any atom is -0.309 e. The number of rotatable bonds is 2. The van der Waals surface area contributed by atoms with Gasteiger partial charge in [0, 0.05) is 28.9 Å². The molecule has 0 spiro atoms. The third kappa shape index (κ3) is 2.51. The molecule has 0 fully saturated rings. The highest BCUT2D eigenvalue weighted by molar-refractivity contribution is 6.18. The van der Waals surface area contributed by atoms with Crippen molar-refractivity contribution in [1.82, 2.24) is 9.55 Å². The number of aromatic nitrogens is 2. The maximum Gasteiger partial charge on any atom is 0.0571 e. The van der Waals surface area contributed by atoms with E-state index in [0.29, 0.717) is 0 Å². The first kappa shape index (κ1) is 18.7. The minimum absolute atomic E-state index is 1.16. The molecule has 8 rings (SSSR count). The molecule has 0 saturated carbocycles. The highest BCUT2D eigenvalue weighted by atomic mass is 15.0. The van der Waals surface area contributed by atoms with Gasteiger partial charge in [0.05, 0.1) is 11.0 Å². The molecule has 0 amide bonds. The maximum absolute atomic E-state index is 4.40. The average Bonchev–Trinajstić information content (AvgIpc) is 3.44. The van der Waals surface area contributed by atoms with E-state index in [1.807, 2.05) is 12.4 Å². The molecule has 1 aliphatic carbocycles. The van der Waals surface area contributed by atoms with E-state index in [1.54, 1.807) is 0 Å². The van der Waals surface area contributed by atoms with Crippen LogP contribution in [0.15, 0.2) is 122 Å². The van der Waals surface area contributed by atoms with Crippen molar-refractivity contribution in [3.8, 4) is 39.1 Å². The smallest absolute Gasteiger partial charge is 0.0571 e. The van der Waals surface area contributed by atoms with Gasteiger partial charge in [-0.3, -0.25) is 4.98 Å². The van der Waals surface area contributed by atoms with Crippen LogP contribution in [0.4, 0.5) is 0 Å². The van der Waals surface area contributed by atoms with Crippen molar-refractivity contribution in [3.63, 3.8) is 0 Å². The lowest BCUT2D eigenvalue weighted by Crippen LogP contribution is -1.94. The summed E-state index contributed by atoms with van der Waals surface area (Å²) >= 11 is 0. The standard InChI is InChI=1S/C33H20N2/c1-2-10-25-24(9-1)28-13-6-12-27-23(15-16-29(25)33(27)28)21-7-5-8-22(19-21)35-31-14-4-3-11-26(31)30-20-34-18-17-32(30)35/h1-20H. The Morgan fingerprint density at radius 1 is 0.486 bits per heavy atom. The lowest BCUT2D eigenvalue weighted by molar-refractivity contribution is 1.17. The Morgan fingerprint density at radius 2 is 1.17 bits per heavy atom. The van der Waals surface area contributed by atoms with Gasteiger partial charge in [0.1, 0.15) is 0 Å². The van der Waals surface area contributed by atoms with E-state index >= 15 is 0 Å². The van der Waals surface area contributed by atoms with Crippen molar-refractivity contribution in [2.75, 3.05) is 0 Å². The molecule has 0 bridgehead atoms. The van der Waals surface area contributed by atoms with Gasteiger partial charge in [0.25, 0.3) is 0 Å². The van der Waals surface area contributed by atoms with E-state index in [2.05, 4.69) is 119 Å². The maximum atomic E-state index is 4.40. The molecule has 7 aromatic rings. The van der Waals surface area contributed by atoms with E-state index in [0.717, 1.165) is 5.69 Å². The molecule has 0 radical (unpaired) electrons. The van der Waals surface area contributed by atoms with Crippen LogP contribution in [0.25, 0.3) is 71.6 Å². The molecular weight excluding hydrogens is 424 g/mol. The molecule has 2 heterocycles. The number of benzene rings is 5. The van der Waals surface area contributed by atoms with Crippen LogP contribution in [0.2, 0.25) is 0 Å². The van der Waals surface area contributed by atoms with E-state index < -0.39 is 0 Å². The van der Waals surface area contributed by atoms with Gasteiger partial charge in [-0.15, -0.1) is 0 Å². The predicted octanol–water partition coefficient (Wildman–Crippen LogP) is 8.65. The third-order valence-electron chi connectivity index (χ3n) is 7.44. The summed E-state index contributed by atoms with van der Waals surface area (Å²) in [5, 5.41) is 5.07. The molecule has 162 valence electrons. The monoisotopic (exact) mass is 444 g/mol. The first-order chi connectivity index (χ1) is 17.4. The zero-order valence-corrected chi connectivity index (χ0v) is 18.9. The van der Waals surface area contributed by atoms with Crippen molar-refractivity contribution in [2.24, 2.45) is 0 Å². The average molecular weight is 445 g/mol. The summed E-state index contributed by atoms with van der Waals surface area (Å²) in [6.07, 6.45) is 3.85. The Balaban J connectivity index is 1.38. The summed E-state index contributed by atoms with van der Waals surface area (Å²) in [5.41, 5.74) is 11.4. The Morgan fingerprint density at radius 3 is 2.09 bits per heavy atom. The lowest BCUT2D eigenvalue weighted by atomic mass is 9.94. The first-order valence-electron chi connectivity index (χ1n) is 12.0. The number of para-hydroxylation sites is 1. The van der Waals surface area contributed by atoms with Gasteiger partial charge in [-0.1, -0.05) is 84.9 Å². The van der Waals surface area contributed by atoms with Gasteiger partial charge < -0.3 is 4.57 Å². The van der Waals surface area contributed by atoms with Crippen molar-refractivity contribution >= 4 is 32.6 Å². The van der Waals surface area contributed by atoms with Gasteiger partial charge in [0.2, 0.25) is 0 Å². The van der Waals surface area contributed by atoms with Crippen molar-refractivity contribution < 1.29 is 0 Å². The molecule has 5 aromatic carbocycles. The Bertz CT molecular complexity index is 1880. The SMILES string of the molecule is c1cc(-c2ccc3c4c(cccc24)-c2ccccc2-3)cc(-n2c3ccccc3c3cnccc32)c1. The van der Waals surface area contributed by atoms with Crippen LogP contribution in [-0.2, 0) is 0 Å². The fourth-order valence-electron chi connectivity index (χ4n) is 5.97. The minimum atomic E-state index is 1.16. The van der Waals surface area contributed by atoms with Gasteiger partial charge in [0.15, 0.2) is 0 Å². The highest BCUT2D eigenvalue weighted by Crippen LogP contribution is 2.49. The molecule has 0 aliphatic heterocycles. The fourth-order valence-corrected chi connectivity index (χ4v) is 5.97. The second-order valence-electron chi connectivity index (χ2n) is 9.23. The number of nitrogens with zero attached hydrogens (tertiary/aromatic N) is 2. The van der Waals surface area contributed by atoms with Crippen LogP contribution >= 0.6 is 0 Å². The van der Waals surface area contributed by atoms with Crippen molar-refractivity contribution in [3.05, 3.63) is 122 Å². The molecular formula is C33H20N2. The van der Waals surface area contributed by atoms with E-state index in [9.17, 15) is 0 Å². The Hall–Kier alpha value is -4.69.